The standard InChI is InChI=1S/C13H20N2O3/c1-10(2)5-8-18-9-7-14-11-4-3-6-15-12(11)13(16)17/h3-4,6,10,14H,5,7-9H2,1-2H3,(H,16,17). The number of carbonyl (C=O) groups is 1. The zero-order valence-corrected chi connectivity index (χ0v) is 10.8. The maximum Gasteiger partial charge on any atom is 0.356 e. The van der Waals surface area contributed by atoms with E-state index in [2.05, 4.69) is 24.1 Å². The van der Waals surface area contributed by atoms with E-state index in [0.29, 0.717) is 24.8 Å². The lowest BCUT2D eigenvalue weighted by molar-refractivity contribution is 0.0691. The number of ether oxygens (including phenoxy) is 1. The van der Waals surface area contributed by atoms with E-state index in [0.717, 1.165) is 13.0 Å². The molecule has 0 amide bonds. The van der Waals surface area contributed by atoms with Crippen molar-refractivity contribution in [3.05, 3.63) is 24.0 Å². The van der Waals surface area contributed by atoms with E-state index in [-0.39, 0.29) is 5.69 Å². The Morgan fingerprint density at radius 2 is 2.28 bits per heavy atom. The van der Waals surface area contributed by atoms with Crippen molar-refractivity contribution in [3.63, 3.8) is 0 Å². The molecule has 0 saturated heterocycles. The molecule has 0 unspecified atom stereocenters. The van der Waals surface area contributed by atoms with Gasteiger partial charge in [0.2, 0.25) is 0 Å². The summed E-state index contributed by atoms with van der Waals surface area (Å²) in [5, 5.41) is 11.9. The highest BCUT2D eigenvalue weighted by molar-refractivity contribution is 5.91. The molecule has 0 aliphatic rings. The van der Waals surface area contributed by atoms with E-state index in [9.17, 15) is 4.79 Å². The smallest absolute Gasteiger partial charge is 0.356 e. The quantitative estimate of drug-likeness (QED) is 0.694. The molecular formula is C13H20N2O3. The van der Waals surface area contributed by atoms with E-state index < -0.39 is 5.97 Å². The van der Waals surface area contributed by atoms with Crippen LogP contribution < -0.4 is 5.32 Å². The molecule has 0 spiro atoms. The predicted octanol–water partition coefficient (Wildman–Crippen LogP) is 2.25. The van der Waals surface area contributed by atoms with Gasteiger partial charge in [-0.15, -0.1) is 0 Å². The van der Waals surface area contributed by atoms with Crippen LogP contribution in [0.1, 0.15) is 30.8 Å². The molecule has 0 aliphatic heterocycles. The van der Waals surface area contributed by atoms with Gasteiger partial charge >= 0.3 is 5.97 Å². The van der Waals surface area contributed by atoms with Crippen LogP contribution in [0.15, 0.2) is 18.3 Å². The third kappa shape index (κ3) is 5.14. The second-order valence-corrected chi connectivity index (χ2v) is 4.43. The van der Waals surface area contributed by atoms with Crippen molar-refractivity contribution >= 4 is 11.7 Å². The number of nitrogens with one attached hydrogen (secondary N) is 1. The lowest BCUT2D eigenvalue weighted by Gasteiger charge is -2.09. The van der Waals surface area contributed by atoms with Crippen molar-refractivity contribution in [1.82, 2.24) is 4.98 Å². The largest absolute Gasteiger partial charge is 0.476 e. The first-order valence-corrected chi connectivity index (χ1v) is 6.11. The summed E-state index contributed by atoms with van der Waals surface area (Å²) < 4.78 is 5.44. The van der Waals surface area contributed by atoms with Crippen LogP contribution in [0, 0.1) is 5.92 Å². The number of hydrogen-bond acceptors (Lipinski definition) is 4. The summed E-state index contributed by atoms with van der Waals surface area (Å²) >= 11 is 0. The van der Waals surface area contributed by atoms with Crippen LogP contribution in [0.3, 0.4) is 0 Å². The van der Waals surface area contributed by atoms with Crippen LogP contribution in [0.2, 0.25) is 0 Å². The highest BCUT2D eigenvalue weighted by atomic mass is 16.5. The second kappa shape index (κ2) is 7.66. The third-order valence-electron chi connectivity index (χ3n) is 2.41. The Balaban J connectivity index is 2.29. The van der Waals surface area contributed by atoms with E-state index in [1.54, 1.807) is 12.1 Å². The summed E-state index contributed by atoms with van der Waals surface area (Å²) in [4.78, 5) is 14.7. The van der Waals surface area contributed by atoms with Gasteiger partial charge in [0.05, 0.1) is 12.3 Å². The van der Waals surface area contributed by atoms with Crippen molar-refractivity contribution in [3.8, 4) is 0 Å². The zero-order valence-electron chi connectivity index (χ0n) is 10.8. The predicted molar refractivity (Wildman–Crippen MR) is 70.0 cm³/mol. The fourth-order valence-electron chi connectivity index (χ4n) is 1.40. The summed E-state index contributed by atoms with van der Waals surface area (Å²) in [6.45, 7) is 6.16. The van der Waals surface area contributed by atoms with Gasteiger partial charge in [0.1, 0.15) is 0 Å². The first-order chi connectivity index (χ1) is 8.61. The number of aromatic carboxylic acids is 1. The Hall–Kier alpha value is -1.62. The molecule has 2 N–H and O–H groups in total. The van der Waals surface area contributed by atoms with Gasteiger partial charge in [-0.05, 0) is 24.5 Å². The average molecular weight is 252 g/mol. The molecule has 1 heterocycles. The van der Waals surface area contributed by atoms with Crippen LogP contribution in [0.5, 0.6) is 0 Å². The van der Waals surface area contributed by atoms with Crippen molar-refractivity contribution in [2.45, 2.75) is 20.3 Å². The SMILES string of the molecule is CC(C)CCOCCNc1cccnc1C(=O)O. The van der Waals surface area contributed by atoms with E-state index >= 15 is 0 Å². The number of anilines is 1. The first-order valence-electron chi connectivity index (χ1n) is 6.11. The van der Waals surface area contributed by atoms with Gasteiger partial charge in [0.15, 0.2) is 5.69 Å². The fourth-order valence-corrected chi connectivity index (χ4v) is 1.40. The number of hydrogen-bond donors (Lipinski definition) is 2. The Labute approximate surface area is 107 Å². The first kappa shape index (κ1) is 14.4. The molecule has 0 radical (unpaired) electrons. The Kier molecular flexibility index (Phi) is 6.14. The number of rotatable bonds is 8. The molecule has 18 heavy (non-hydrogen) atoms. The molecule has 0 aromatic carbocycles. The van der Waals surface area contributed by atoms with Crippen LogP contribution in [0.4, 0.5) is 5.69 Å². The van der Waals surface area contributed by atoms with Gasteiger partial charge in [-0.2, -0.15) is 0 Å². The van der Waals surface area contributed by atoms with Gasteiger partial charge < -0.3 is 15.2 Å². The number of nitrogens with zero attached hydrogens (tertiary/aromatic N) is 1. The van der Waals surface area contributed by atoms with Crippen LogP contribution in [-0.2, 0) is 4.74 Å². The lowest BCUT2D eigenvalue weighted by Crippen LogP contribution is -2.14. The molecule has 1 aromatic rings. The van der Waals surface area contributed by atoms with Gasteiger partial charge in [0.25, 0.3) is 0 Å². The Morgan fingerprint density at radius 1 is 1.50 bits per heavy atom. The van der Waals surface area contributed by atoms with Gasteiger partial charge in [-0.25, -0.2) is 9.78 Å². The van der Waals surface area contributed by atoms with Crippen LogP contribution in [0.25, 0.3) is 0 Å². The summed E-state index contributed by atoms with van der Waals surface area (Å²) in [6, 6.07) is 3.40. The highest BCUT2D eigenvalue weighted by Crippen LogP contribution is 2.11. The summed E-state index contributed by atoms with van der Waals surface area (Å²) in [5.74, 6) is -0.395. The van der Waals surface area contributed by atoms with Crippen molar-refractivity contribution in [2.24, 2.45) is 5.92 Å². The molecule has 0 aliphatic carbocycles. The van der Waals surface area contributed by atoms with Crippen molar-refractivity contribution in [1.29, 1.82) is 0 Å². The number of carboxylic acids is 1. The summed E-state index contributed by atoms with van der Waals surface area (Å²) in [7, 11) is 0. The van der Waals surface area contributed by atoms with E-state index in [1.165, 1.54) is 6.20 Å². The lowest BCUT2D eigenvalue weighted by atomic mass is 10.1. The van der Waals surface area contributed by atoms with E-state index in [1.807, 2.05) is 0 Å². The molecule has 1 rings (SSSR count). The summed E-state index contributed by atoms with van der Waals surface area (Å²) in [5.41, 5.74) is 0.567. The number of aromatic nitrogens is 1. The molecule has 100 valence electrons. The van der Waals surface area contributed by atoms with Crippen LogP contribution in [-0.4, -0.2) is 35.8 Å². The zero-order chi connectivity index (χ0) is 13.4. The topological polar surface area (TPSA) is 71.5 Å². The molecule has 0 atom stereocenters. The molecule has 0 saturated carbocycles. The summed E-state index contributed by atoms with van der Waals surface area (Å²) in [6.07, 6.45) is 2.50. The Bertz CT molecular complexity index is 380. The average Bonchev–Trinajstić information content (AvgIpc) is 2.33. The molecular weight excluding hydrogens is 232 g/mol. The van der Waals surface area contributed by atoms with E-state index in [4.69, 9.17) is 9.84 Å². The maximum atomic E-state index is 10.9. The number of pyridine rings is 1. The van der Waals surface area contributed by atoms with Gasteiger partial charge in [-0.3, -0.25) is 0 Å². The molecule has 0 fully saturated rings. The second-order valence-electron chi connectivity index (χ2n) is 4.43. The highest BCUT2D eigenvalue weighted by Gasteiger charge is 2.09. The van der Waals surface area contributed by atoms with Crippen molar-refractivity contribution < 1.29 is 14.6 Å². The van der Waals surface area contributed by atoms with Crippen molar-refractivity contribution in [2.75, 3.05) is 25.1 Å². The monoisotopic (exact) mass is 252 g/mol. The van der Waals surface area contributed by atoms with Crippen LogP contribution >= 0.6 is 0 Å². The molecule has 5 heteroatoms. The minimum Gasteiger partial charge on any atom is -0.476 e. The fraction of sp³-hybridized carbons (Fsp3) is 0.538. The normalized spacial score (nSPS) is 10.6. The van der Waals surface area contributed by atoms with Gasteiger partial charge in [-0.1, -0.05) is 13.8 Å². The Morgan fingerprint density at radius 3 is 2.94 bits per heavy atom. The van der Waals surface area contributed by atoms with Gasteiger partial charge in [0, 0.05) is 19.3 Å². The molecule has 0 bridgehead atoms. The maximum absolute atomic E-state index is 10.9. The third-order valence-corrected chi connectivity index (χ3v) is 2.41. The molecule has 1 aromatic heterocycles. The minimum atomic E-state index is -1.03. The minimum absolute atomic E-state index is 0.0414. The number of carboxylic acid groups (broad SMARTS) is 1. The molecule has 5 nitrogen and oxygen atoms in total.